The maximum atomic E-state index is 12.7. The fraction of sp³-hybridized carbons (Fsp3) is 0.471. The van der Waals surface area contributed by atoms with Gasteiger partial charge in [-0.05, 0) is 25.0 Å². The van der Waals surface area contributed by atoms with Gasteiger partial charge >= 0.3 is 6.03 Å². The number of nitrogens with two attached hydrogens (primary N) is 1. The van der Waals surface area contributed by atoms with Crippen LogP contribution in [0.25, 0.3) is 0 Å². The van der Waals surface area contributed by atoms with Gasteiger partial charge in [0.25, 0.3) is 5.91 Å². The van der Waals surface area contributed by atoms with Gasteiger partial charge in [0, 0.05) is 6.07 Å². The maximum Gasteiger partial charge on any atom is 0.325 e. The number of hydrogen-bond donors (Lipinski definition) is 3. The fourth-order valence-electron chi connectivity index (χ4n) is 3.42. The molecule has 1 aromatic carbocycles. The quantitative estimate of drug-likeness (QED) is 0.564. The first-order valence-corrected chi connectivity index (χ1v) is 8.33. The van der Waals surface area contributed by atoms with Crippen molar-refractivity contribution in [2.75, 3.05) is 24.7 Å². The van der Waals surface area contributed by atoms with Crippen molar-refractivity contribution in [1.29, 1.82) is 0 Å². The number of amides is 4. The third-order valence-electron chi connectivity index (χ3n) is 4.79. The van der Waals surface area contributed by atoms with E-state index in [9.17, 15) is 14.4 Å². The first-order chi connectivity index (χ1) is 11.9. The lowest BCUT2D eigenvalue weighted by atomic mass is 9.82. The highest BCUT2D eigenvalue weighted by molar-refractivity contribution is 6.10. The molecular weight excluding hydrogens is 324 g/mol. The number of carbonyl (C=O) groups excluding carboxylic acids is 3. The van der Waals surface area contributed by atoms with E-state index in [2.05, 4.69) is 10.6 Å². The molecule has 0 radical (unpaired) electrons. The van der Waals surface area contributed by atoms with E-state index in [1.165, 1.54) is 7.11 Å². The molecule has 8 heteroatoms. The zero-order valence-corrected chi connectivity index (χ0v) is 14.1. The van der Waals surface area contributed by atoms with Crippen LogP contribution in [-0.4, -0.2) is 41.9 Å². The van der Waals surface area contributed by atoms with Crippen molar-refractivity contribution in [1.82, 2.24) is 10.2 Å². The minimum atomic E-state index is -0.829. The molecule has 2 aliphatic rings. The second kappa shape index (κ2) is 6.62. The fourth-order valence-corrected chi connectivity index (χ4v) is 3.42. The SMILES string of the molecule is COc1ccc(N)c(NC(=O)CN2C(=O)NC3(CCCCC3)C2=O)c1. The lowest BCUT2D eigenvalue weighted by molar-refractivity contribution is -0.134. The van der Waals surface area contributed by atoms with Crippen LogP contribution in [0, 0.1) is 0 Å². The van der Waals surface area contributed by atoms with Gasteiger partial charge in [0.1, 0.15) is 17.8 Å². The van der Waals surface area contributed by atoms with E-state index in [1.54, 1.807) is 18.2 Å². The van der Waals surface area contributed by atoms with Crippen LogP contribution in [0.15, 0.2) is 18.2 Å². The van der Waals surface area contributed by atoms with Crippen LogP contribution in [0.1, 0.15) is 32.1 Å². The lowest BCUT2D eigenvalue weighted by Crippen LogP contribution is -2.48. The van der Waals surface area contributed by atoms with Gasteiger partial charge in [-0.3, -0.25) is 14.5 Å². The Balaban J connectivity index is 1.69. The van der Waals surface area contributed by atoms with Crippen LogP contribution < -0.4 is 21.1 Å². The predicted molar refractivity (Wildman–Crippen MR) is 92.1 cm³/mol. The number of hydrogen-bond acceptors (Lipinski definition) is 5. The molecule has 4 amide bonds. The van der Waals surface area contributed by atoms with Crippen LogP contribution in [0.5, 0.6) is 5.75 Å². The average Bonchev–Trinajstić information content (AvgIpc) is 2.81. The topological polar surface area (TPSA) is 114 Å². The number of imide groups is 1. The third-order valence-corrected chi connectivity index (χ3v) is 4.79. The van der Waals surface area contributed by atoms with E-state index in [-0.39, 0.29) is 12.5 Å². The van der Waals surface area contributed by atoms with Gasteiger partial charge in [-0.25, -0.2) is 4.79 Å². The Labute approximate surface area is 145 Å². The molecule has 1 aromatic rings. The van der Waals surface area contributed by atoms with E-state index >= 15 is 0 Å². The van der Waals surface area contributed by atoms with Gasteiger partial charge in [0.15, 0.2) is 0 Å². The zero-order valence-electron chi connectivity index (χ0n) is 14.1. The van der Waals surface area contributed by atoms with Crippen molar-refractivity contribution in [2.24, 2.45) is 0 Å². The van der Waals surface area contributed by atoms with Crippen LogP contribution in [0.4, 0.5) is 16.2 Å². The molecule has 0 aromatic heterocycles. The molecule has 1 saturated heterocycles. The number of anilines is 2. The van der Waals surface area contributed by atoms with Crippen molar-refractivity contribution in [2.45, 2.75) is 37.6 Å². The summed E-state index contributed by atoms with van der Waals surface area (Å²) in [6.07, 6.45) is 4.09. The van der Waals surface area contributed by atoms with Crippen molar-refractivity contribution in [3.63, 3.8) is 0 Å². The highest BCUT2D eigenvalue weighted by atomic mass is 16.5. The molecule has 1 aliphatic heterocycles. The number of nitrogens with zero attached hydrogens (tertiary/aromatic N) is 1. The van der Waals surface area contributed by atoms with E-state index in [1.807, 2.05) is 0 Å². The lowest BCUT2D eigenvalue weighted by Gasteiger charge is -2.30. The van der Waals surface area contributed by atoms with Gasteiger partial charge in [-0.1, -0.05) is 19.3 Å². The monoisotopic (exact) mass is 346 g/mol. The number of rotatable bonds is 4. The molecule has 4 N–H and O–H groups in total. The van der Waals surface area contributed by atoms with E-state index in [4.69, 9.17) is 10.5 Å². The van der Waals surface area contributed by atoms with Gasteiger partial charge in [-0.15, -0.1) is 0 Å². The summed E-state index contributed by atoms with van der Waals surface area (Å²) < 4.78 is 5.10. The molecule has 1 aliphatic carbocycles. The molecule has 1 spiro atoms. The van der Waals surface area contributed by atoms with Crippen molar-refractivity contribution < 1.29 is 19.1 Å². The summed E-state index contributed by atoms with van der Waals surface area (Å²) in [4.78, 5) is 38.1. The molecule has 0 unspecified atom stereocenters. The van der Waals surface area contributed by atoms with Crippen LogP contribution in [0.2, 0.25) is 0 Å². The molecule has 8 nitrogen and oxygen atoms in total. The summed E-state index contributed by atoms with van der Waals surface area (Å²) >= 11 is 0. The van der Waals surface area contributed by atoms with Gasteiger partial charge in [0.2, 0.25) is 5.91 Å². The molecule has 2 fully saturated rings. The summed E-state index contributed by atoms with van der Waals surface area (Å²) in [7, 11) is 1.51. The van der Waals surface area contributed by atoms with Crippen molar-refractivity contribution in [3.05, 3.63) is 18.2 Å². The second-order valence-corrected chi connectivity index (χ2v) is 6.47. The predicted octanol–water partition coefficient (Wildman–Crippen LogP) is 1.47. The number of nitrogens with one attached hydrogen (secondary N) is 2. The largest absolute Gasteiger partial charge is 0.497 e. The molecule has 1 saturated carbocycles. The Morgan fingerprint density at radius 3 is 2.72 bits per heavy atom. The van der Waals surface area contributed by atoms with E-state index < -0.39 is 17.5 Å². The highest BCUT2D eigenvalue weighted by Gasteiger charge is 2.51. The minimum absolute atomic E-state index is 0.314. The summed E-state index contributed by atoms with van der Waals surface area (Å²) in [5.41, 5.74) is 5.76. The standard InChI is InChI=1S/C17H22N4O4/c1-25-11-5-6-12(18)13(9-11)19-14(22)10-21-15(23)17(20-16(21)24)7-3-2-4-8-17/h5-6,9H,2-4,7-8,10,18H2,1H3,(H,19,22)(H,20,24). The number of methoxy groups -OCH3 is 1. The van der Waals surface area contributed by atoms with E-state index in [0.717, 1.165) is 24.2 Å². The maximum absolute atomic E-state index is 12.7. The summed E-state index contributed by atoms with van der Waals surface area (Å²) in [6.45, 7) is -0.344. The Bertz CT molecular complexity index is 713. The molecule has 0 atom stereocenters. The third kappa shape index (κ3) is 3.24. The molecule has 0 bridgehead atoms. The number of carbonyl (C=O) groups is 3. The summed E-state index contributed by atoms with van der Waals surface area (Å²) in [5.74, 6) is -0.261. The highest BCUT2D eigenvalue weighted by Crippen LogP contribution is 2.33. The van der Waals surface area contributed by atoms with Gasteiger partial charge in [-0.2, -0.15) is 0 Å². The number of benzene rings is 1. The van der Waals surface area contributed by atoms with E-state index in [0.29, 0.717) is 30.0 Å². The average molecular weight is 346 g/mol. The Morgan fingerprint density at radius 1 is 1.32 bits per heavy atom. The smallest absolute Gasteiger partial charge is 0.325 e. The van der Waals surface area contributed by atoms with Gasteiger partial charge in [0.05, 0.1) is 18.5 Å². The molecular formula is C17H22N4O4. The van der Waals surface area contributed by atoms with Crippen molar-refractivity contribution in [3.8, 4) is 5.75 Å². The molecule has 1 heterocycles. The van der Waals surface area contributed by atoms with Crippen molar-refractivity contribution >= 4 is 29.2 Å². The summed E-state index contributed by atoms with van der Waals surface area (Å²) in [6, 6.07) is 4.36. The zero-order chi connectivity index (χ0) is 18.0. The Hall–Kier alpha value is -2.77. The summed E-state index contributed by atoms with van der Waals surface area (Å²) in [5, 5.41) is 5.41. The first-order valence-electron chi connectivity index (χ1n) is 8.33. The molecule has 3 rings (SSSR count). The first kappa shape index (κ1) is 17.1. The number of nitrogen functional groups attached to an aromatic ring is 1. The second-order valence-electron chi connectivity index (χ2n) is 6.47. The molecule has 134 valence electrons. The number of urea groups is 1. The van der Waals surface area contributed by atoms with Crippen LogP contribution in [0.3, 0.4) is 0 Å². The Kier molecular flexibility index (Phi) is 4.52. The van der Waals surface area contributed by atoms with Crippen LogP contribution >= 0.6 is 0 Å². The van der Waals surface area contributed by atoms with Gasteiger partial charge < -0.3 is 21.1 Å². The minimum Gasteiger partial charge on any atom is -0.497 e. The van der Waals surface area contributed by atoms with Crippen LogP contribution in [-0.2, 0) is 9.59 Å². The normalized spacial score (nSPS) is 19.0. The molecule has 25 heavy (non-hydrogen) atoms. The number of ether oxygens (including phenoxy) is 1. The Morgan fingerprint density at radius 2 is 2.04 bits per heavy atom.